The van der Waals surface area contributed by atoms with Crippen molar-refractivity contribution in [3.8, 4) is 45.2 Å². The third-order valence-corrected chi connectivity index (χ3v) is 8.32. The van der Waals surface area contributed by atoms with Gasteiger partial charge in [0.25, 0.3) is 0 Å². The zero-order valence-corrected chi connectivity index (χ0v) is 26.1. The lowest BCUT2D eigenvalue weighted by atomic mass is 9.86. The molecule has 4 heteroatoms. The summed E-state index contributed by atoms with van der Waals surface area (Å²) in [5.74, 6) is 1.18. The molecule has 7 aromatic rings. The van der Waals surface area contributed by atoms with Gasteiger partial charge < -0.3 is 8.83 Å². The number of fused-ring (bicyclic) bond motifs is 2. The van der Waals surface area contributed by atoms with E-state index >= 15 is 0 Å². The maximum Gasteiger partial charge on any atom is 0.227 e. The van der Waals surface area contributed by atoms with Crippen molar-refractivity contribution in [2.24, 2.45) is 0 Å². The van der Waals surface area contributed by atoms with Gasteiger partial charge in [-0.1, -0.05) is 102 Å². The van der Waals surface area contributed by atoms with Crippen molar-refractivity contribution in [2.75, 3.05) is 0 Å². The number of aromatic nitrogens is 2. The summed E-state index contributed by atoms with van der Waals surface area (Å²) in [6.07, 6.45) is 0. The number of oxazole rings is 2. The van der Waals surface area contributed by atoms with Crippen molar-refractivity contribution < 1.29 is 8.83 Å². The van der Waals surface area contributed by atoms with Crippen LogP contribution in [-0.4, -0.2) is 9.97 Å². The van der Waals surface area contributed by atoms with Gasteiger partial charge in [0, 0.05) is 11.1 Å². The average Bonchev–Trinajstić information content (AvgIpc) is 3.64. The Kier molecular flexibility index (Phi) is 6.55. The monoisotopic (exact) mass is 576 g/mol. The fourth-order valence-electron chi connectivity index (χ4n) is 5.54. The molecule has 0 bridgehead atoms. The molecular weight excluding hydrogens is 540 g/mol. The maximum absolute atomic E-state index is 6.22. The second-order valence-corrected chi connectivity index (χ2v) is 13.6. The smallest absolute Gasteiger partial charge is 0.227 e. The largest absolute Gasteiger partial charge is 0.436 e. The quantitative estimate of drug-likeness (QED) is 0.209. The van der Waals surface area contributed by atoms with Crippen LogP contribution in [-0.2, 0) is 10.8 Å². The van der Waals surface area contributed by atoms with E-state index in [0.717, 1.165) is 55.6 Å². The Labute approximate surface area is 258 Å². The second kappa shape index (κ2) is 10.3. The second-order valence-electron chi connectivity index (χ2n) is 13.6. The highest BCUT2D eigenvalue weighted by Gasteiger charge is 2.16. The van der Waals surface area contributed by atoms with Gasteiger partial charge in [-0.2, -0.15) is 0 Å². The summed E-state index contributed by atoms with van der Waals surface area (Å²) < 4.78 is 12.4. The van der Waals surface area contributed by atoms with Crippen LogP contribution in [0.3, 0.4) is 0 Å². The van der Waals surface area contributed by atoms with Crippen molar-refractivity contribution in [2.45, 2.75) is 52.4 Å². The first-order valence-electron chi connectivity index (χ1n) is 15.2. The molecule has 0 unspecified atom stereocenters. The van der Waals surface area contributed by atoms with Crippen LogP contribution in [0.2, 0.25) is 0 Å². The molecule has 5 aromatic carbocycles. The van der Waals surface area contributed by atoms with E-state index in [-0.39, 0.29) is 10.8 Å². The molecule has 0 atom stereocenters. The van der Waals surface area contributed by atoms with Crippen LogP contribution in [0.15, 0.2) is 118 Å². The number of benzene rings is 5. The summed E-state index contributed by atoms with van der Waals surface area (Å²) in [5, 5.41) is 0. The van der Waals surface area contributed by atoms with Gasteiger partial charge in [-0.3, -0.25) is 0 Å². The minimum absolute atomic E-state index is 0.126. The summed E-state index contributed by atoms with van der Waals surface area (Å²) in [5.41, 5.74) is 12.4. The molecule has 0 saturated heterocycles. The van der Waals surface area contributed by atoms with Gasteiger partial charge in [0.05, 0.1) is 0 Å². The SMILES string of the molecule is CC(C)(C)c1ccc(-c2ccc3nc(-c4ccc(-c5nc6ccc(-c7ccc(C(C)(C)C)cc7)cc6o5)cc4)oc3c2)cc1. The number of hydrogen-bond acceptors (Lipinski definition) is 4. The molecule has 0 radical (unpaired) electrons. The fraction of sp³-hybridized carbons (Fsp3) is 0.200. The lowest BCUT2D eigenvalue weighted by Gasteiger charge is -2.19. The van der Waals surface area contributed by atoms with Crippen LogP contribution < -0.4 is 0 Å². The fourth-order valence-corrected chi connectivity index (χ4v) is 5.54. The van der Waals surface area contributed by atoms with Crippen LogP contribution in [0, 0.1) is 0 Å². The number of nitrogens with zero attached hydrogens (tertiary/aromatic N) is 2. The number of hydrogen-bond donors (Lipinski definition) is 0. The zero-order chi connectivity index (χ0) is 30.6. The first-order valence-corrected chi connectivity index (χ1v) is 15.2. The van der Waals surface area contributed by atoms with Crippen molar-refractivity contribution >= 4 is 22.2 Å². The van der Waals surface area contributed by atoms with E-state index in [4.69, 9.17) is 18.8 Å². The van der Waals surface area contributed by atoms with Crippen LogP contribution in [0.1, 0.15) is 52.7 Å². The Morgan fingerprint density at radius 1 is 0.386 bits per heavy atom. The zero-order valence-electron chi connectivity index (χ0n) is 26.1. The van der Waals surface area contributed by atoms with E-state index in [9.17, 15) is 0 Å². The van der Waals surface area contributed by atoms with Crippen molar-refractivity contribution in [3.05, 3.63) is 120 Å². The van der Waals surface area contributed by atoms with E-state index in [1.807, 2.05) is 36.4 Å². The molecule has 7 rings (SSSR count). The molecule has 0 spiro atoms. The normalized spacial score (nSPS) is 12.3. The molecule has 0 N–H and O–H groups in total. The molecule has 0 aliphatic rings. The summed E-state index contributed by atoms with van der Waals surface area (Å²) in [7, 11) is 0. The Balaban J connectivity index is 1.12. The summed E-state index contributed by atoms with van der Waals surface area (Å²) in [4.78, 5) is 9.51. The van der Waals surface area contributed by atoms with Gasteiger partial charge in [-0.25, -0.2) is 9.97 Å². The van der Waals surface area contributed by atoms with Gasteiger partial charge in [-0.05, 0) is 92.7 Å². The van der Waals surface area contributed by atoms with Gasteiger partial charge in [0.2, 0.25) is 11.8 Å². The molecule has 0 amide bonds. The predicted molar refractivity (Wildman–Crippen MR) is 181 cm³/mol. The molecular formula is C40H36N2O2. The summed E-state index contributed by atoms with van der Waals surface area (Å²) in [6.45, 7) is 13.4. The Hall–Kier alpha value is -4.96. The molecule has 0 saturated carbocycles. The highest BCUT2D eigenvalue weighted by Crippen LogP contribution is 2.33. The van der Waals surface area contributed by atoms with E-state index in [2.05, 4.69) is 114 Å². The van der Waals surface area contributed by atoms with Crippen LogP contribution in [0.5, 0.6) is 0 Å². The molecule has 44 heavy (non-hydrogen) atoms. The van der Waals surface area contributed by atoms with Crippen LogP contribution in [0.4, 0.5) is 0 Å². The van der Waals surface area contributed by atoms with E-state index < -0.39 is 0 Å². The first kappa shape index (κ1) is 27.8. The predicted octanol–water partition coefficient (Wildman–Crippen LogP) is 11.2. The molecule has 0 aliphatic carbocycles. The Morgan fingerprint density at radius 3 is 1.05 bits per heavy atom. The van der Waals surface area contributed by atoms with Crippen LogP contribution >= 0.6 is 0 Å². The molecule has 4 nitrogen and oxygen atoms in total. The Morgan fingerprint density at radius 2 is 0.705 bits per heavy atom. The molecule has 218 valence electrons. The lowest BCUT2D eigenvalue weighted by Crippen LogP contribution is -2.10. The first-order chi connectivity index (χ1) is 21.0. The summed E-state index contributed by atoms with van der Waals surface area (Å²) >= 11 is 0. The molecule has 0 fully saturated rings. The van der Waals surface area contributed by atoms with E-state index in [0.29, 0.717) is 11.8 Å². The summed E-state index contributed by atoms with van der Waals surface area (Å²) in [6, 6.07) is 37.9. The van der Waals surface area contributed by atoms with E-state index in [1.54, 1.807) is 0 Å². The topological polar surface area (TPSA) is 52.1 Å². The molecule has 0 aliphatic heterocycles. The van der Waals surface area contributed by atoms with Crippen molar-refractivity contribution in [1.82, 2.24) is 9.97 Å². The highest BCUT2D eigenvalue weighted by atomic mass is 16.4. The average molecular weight is 577 g/mol. The van der Waals surface area contributed by atoms with Gasteiger partial charge in [0.15, 0.2) is 11.2 Å². The third-order valence-electron chi connectivity index (χ3n) is 8.32. The van der Waals surface area contributed by atoms with Gasteiger partial charge >= 0.3 is 0 Å². The molecule has 2 aromatic heterocycles. The van der Waals surface area contributed by atoms with Crippen molar-refractivity contribution in [1.29, 1.82) is 0 Å². The standard InChI is InChI=1S/C40H36N2O2/c1-39(2,3)31-17-11-25(12-18-31)29-15-21-33-35(23-29)43-37(41-33)27-7-9-28(10-8-27)38-42-34-22-16-30(24-36(34)44-38)26-13-19-32(20-14-26)40(4,5)6/h7-24H,1-6H3. The lowest BCUT2D eigenvalue weighted by molar-refractivity contribution is 0.590. The van der Waals surface area contributed by atoms with Gasteiger partial charge in [0.1, 0.15) is 11.0 Å². The third kappa shape index (κ3) is 5.33. The Bertz CT molecular complexity index is 1940. The van der Waals surface area contributed by atoms with E-state index in [1.165, 1.54) is 11.1 Å². The van der Waals surface area contributed by atoms with Gasteiger partial charge in [-0.15, -0.1) is 0 Å². The van der Waals surface area contributed by atoms with Crippen molar-refractivity contribution in [3.63, 3.8) is 0 Å². The highest BCUT2D eigenvalue weighted by molar-refractivity contribution is 5.84. The number of rotatable bonds is 4. The minimum Gasteiger partial charge on any atom is -0.436 e. The molecule has 2 heterocycles. The van der Waals surface area contributed by atoms with Crippen LogP contribution in [0.25, 0.3) is 67.4 Å². The maximum atomic E-state index is 6.22. The minimum atomic E-state index is 0.126.